The summed E-state index contributed by atoms with van der Waals surface area (Å²) in [6.45, 7) is -3.50. The highest BCUT2D eigenvalue weighted by atomic mass is 35.7. The Morgan fingerprint density at radius 2 is 1.63 bits per heavy atom. The van der Waals surface area contributed by atoms with Crippen LogP contribution in [0.2, 0.25) is 0 Å². The molecule has 7 heteroatoms. The van der Waals surface area contributed by atoms with E-state index in [0.29, 0.717) is 5.30 Å². The quantitative estimate of drug-likeness (QED) is 0.490. The summed E-state index contributed by atoms with van der Waals surface area (Å²) >= 11 is 5.90. The zero-order valence-corrected chi connectivity index (χ0v) is 11.3. The van der Waals surface area contributed by atoms with Crippen molar-refractivity contribution in [3.05, 3.63) is 64.7 Å². The third-order valence-electron chi connectivity index (χ3n) is 2.33. The number of non-ortho nitro benzene ring substituents is 1. The monoisotopic (exact) mass is 297 g/mol. The third kappa shape index (κ3) is 3.34. The molecule has 1 unspecified atom stereocenters. The lowest BCUT2D eigenvalue weighted by atomic mass is 10.3. The SMILES string of the molecule is O=[N+]([O-])c1ccc(OP(=O)(Cl)c2ccccc2)cc1. The average Bonchev–Trinajstić information content (AvgIpc) is 2.40. The van der Waals surface area contributed by atoms with E-state index in [1.54, 1.807) is 30.3 Å². The second kappa shape index (κ2) is 5.43. The van der Waals surface area contributed by atoms with Crippen LogP contribution in [0, 0.1) is 10.1 Å². The molecule has 0 spiro atoms. The van der Waals surface area contributed by atoms with Crippen LogP contribution < -0.4 is 9.83 Å². The number of nitrogens with zero attached hydrogens (tertiary/aromatic N) is 1. The molecule has 0 saturated carbocycles. The van der Waals surface area contributed by atoms with Crippen molar-refractivity contribution in [1.29, 1.82) is 0 Å². The maximum atomic E-state index is 12.2. The molecule has 0 heterocycles. The molecule has 2 aromatic rings. The van der Waals surface area contributed by atoms with E-state index < -0.39 is 11.6 Å². The van der Waals surface area contributed by atoms with Crippen LogP contribution in [0.4, 0.5) is 5.69 Å². The molecule has 0 N–H and O–H groups in total. The molecular weight excluding hydrogens is 289 g/mol. The van der Waals surface area contributed by atoms with Crippen LogP contribution >= 0.6 is 18.0 Å². The van der Waals surface area contributed by atoms with E-state index in [4.69, 9.17) is 15.8 Å². The molecule has 0 aromatic heterocycles. The van der Waals surface area contributed by atoms with Crippen LogP contribution in [0.25, 0.3) is 0 Å². The van der Waals surface area contributed by atoms with Gasteiger partial charge in [0.05, 0.1) is 10.2 Å². The van der Waals surface area contributed by atoms with Crippen molar-refractivity contribution < 1.29 is 14.0 Å². The number of nitro groups is 1. The fraction of sp³-hybridized carbons (Fsp3) is 0. The normalized spacial score (nSPS) is 13.5. The predicted molar refractivity (Wildman–Crippen MR) is 73.3 cm³/mol. The van der Waals surface area contributed by atoms with Crippen LogP contribution in [-0.4, -0.2) is 4.92 Å². The lowest BCUT2D eigenvalue weighted by Gasteiger charge is -2.12. The molecule has 19 heavy (non-hydrogen) atoms. The van der Waals surface area contributed by atoms with Gasteiger partial charge >= 0.3 is 6.72 Å². The van der Waals surface area contributed by atoms with Gasteiger partial charge in [0, 0.05) is 12.1 Å². The van der Waals surface area contributed by atoms with Crippen molar-refractivity contribution in [1.82, 2.24) is 0 Å². The highest BCUT2D eigenvalue weighted by molar-refractivity contribution is 7.91. The second-order valence-corrected chi connectivity index (χ2v) is 6.65. The van der Waals surface area contributed by atoms with Gasteiger partial charge in [-0.1, -0.05) is 18.2 Å². The van der Waals surface area contributed by atoms with Crippen molar-refractivity contribution >= 4 is 29.0 Å². The standard InChI is InChI=1S/C12H9ClNO4P/c13-19(17,12-4-2-1-3-5-12)18-11-8-6-10(7-9-11)14(15)16/h1-9H. The summed E-state index contributed by atoms with van der Waals surface area (Å²) in [5.74, 6) is 0.216. The minimum Gasteiger partial charge on any atom is -0.430 e. The van der Waals surface area contributed by atoms with Crippen molar-refractivity contribution in [2.75, 3.05) is 0 Å². The summed E-state index contributed by atoms with van der Waals surface area (Å²) in [5.41, 5.74) is -0.0727. The van der Waals surface area contributed by atoms with E-state index in [2.05, 4.69) is 0 Å². The molecule has 2 aromatic carbocycles. The average molecular weight is 298 g/mol. The van der Waals surface area contributed by atoms with Gasteiger partial charge in [0.2, 0.25) is 0 Å². The summed E-state index contributed by atoms with van der Waals surface area (Å²) in [6.07, 6.45) is 0. The highest BCUT2D eigenvalue weighted by Gasteiger charge is 2.24. The summed E-state index contributed by atoms with van der Waals surface area (Å²) in [6, 6.07) is 13.6. The van der Waals surface area contributed by atoms with Crippen LogP contribution in [0.5, 0.6) is 5.75 Å². The summed E-state index contributed by atoms with van der Waals surface area (Å²) in [4.78, 5) is 9.98. The van der Waals surface area contributed by atoms with Gasteiger partial charge in [-0.2, -0.15) is 0 Å². The first-order valence-electron chi connectivity index (χ1n) is 5.28. The van der Waals surface area contributed by atoms with Gasteiger partial charge in [0.15, 0.2) is 0 Å². The van der Waals surface area contributed by atoms with Crippen LogP contribution in [-0.2, 0) is 4.57 Å². The number of hydrogen-bond acceptors (Lipinski definition) is 4. The van der Waals surface area contributed by atoms with Gasteiger partial charge in [0.25, 0.3) is 5.69 Å². The van der Waals surface area contributed by atoms with E-state index in [1.807, 2.05) is 0 Å². The molecule has 0 bridgehead atoms. The minimum atomic E-state index is -3.50. The van der Waals surface area contributed by atoms with Gasteiger partial charge in [0.1, 0.15) is 5.75 Å². The van der Waals surface area contributed by atoms with Gasteiger partial charge in [-0.05, 0) is 35.5 Å². The molecular formula is C12H9ClNO4P. The lowest BCUT2D eigenvalue weighted by molar-refractivity contribution is -0.384. The molecule has 0 aliphatic heterocycles. The van der Waals surface area contributed by atoms with E-state index in [1.165, 1.54) is 24.3 Å². The minimum absolute atomic E-state index is 0.0727. The molecule has 0 amide bonds. The highest BCUT2D eigenvalue weighted by Crippen LogP contribution is 2.51. The zero-order valence-electron chi connectivity index (χ0n) is 9.60. The van der Waals surface area contributed by atoms with Gasteiger partial charge in [-0.25, -0.2) is 0 Å². The molecule has 2 rings (SSSR count). The maximum absolute atomic E-state index is 12.2. The van der Waals surface area contributed by atoms with Gasteiger partial charge < -0.3 is 4.52 Å². The lowest BCUT2D eigenvalue weighted by Crippen LogP contribution is -2.04. The summed E-state index contributed by atoms with van der Waals surface area (Å²) in [7, 11) is 0. The van der Waals surface area contributed by atoms with Crippen LogP contribution in [0.1, 0.15) is 0 Å². The molecule has 1 atom stereocenters. The van der Waals surface area contributed by atoms with Crippen molar-refractivity contribution in [2.45, 2.75) is 0 Å². The Balaban J connectivity index is 2.21. The molecule has 0 aliphatic rings. The smallest absolute Gasteiger partial charge is 0.366 e. The second-order valence-electron chi connectivity index (χ2n) is 3.66. The van der Waals surface area contributed by atoms with E-state index in [0.717, 1.165) is 0 Å². The molecule has 0 radical (unpaired) electrons. The van der Waals surface area contributed by atoms with Gasteiger partial charge in [-0.15, -0.1) is 0 Å². The Kier molecular flexibility index (Phi) is 3.88. The third-order valence-corrected chi connectivity index (χ3v) is 4.49. The number of rotatable bonds is 4. The van der Waals surface area contributed by atoms with Crippen molar-refractivity contribution in [3.63, 3.8) is 0 Å². The molecule has 0 fully saturated rings. The van der Waals surface area contributed by atoms with Gasteiger partial charge in [-0.3, -0.25) is 14.7 Å². The van der Waals surface area contributed by atoms with Crippen LogP contribution in [0.3, 0.4) is 0 Å². The zero-order chi connectivity index (χ0) is 13.9. The van der Waals surface area contributed by atoms with Crippen molar-refractivity contribution in [3.8, 4) is 5.75 Å². The first-order valence-corrected chi connectivity index (χ1v) is 7.81. The number of benzene rings is 2. The summed E-state index contributed by atoms with van der Waals surface area (Å²) in [5, 5.41) is 10.9. The largest absolute Gasteiger partial charge is 0.430 e. The molecule has 5 nitrogen and oxygen atoms in total. The van der Waals surface area contributed by atoms with E-state index in [-0.39, 0.29) is 11.4 Å². The Morgan fingerprint density at radius 1 is 1.05 bits per heavy atom. The number of nitro benzene ring substituents is 1. The Labute approximate surface area is 114 Å². The molecule has 0 aliphatic carbocycles. The maximum Gasteiger partial charge on any atom is 0.366 e. The summed E-state index contributed by atoms with van der Waals surface area (Å²) < 4.78 is 17.4. The fourth-order valence-corrected chi connectivity index (χ4v) is 3.03. The fourth-order valence-electron chi connectivity index (χ4n) is 1.42. The van der Waals surface area contributed by atoms with E-state index >= 15 is 0 Å². The molecule has 0 saturated heterocycles. The first-order chi connectivity index (χ1) is 8.99. The Bertz CT molecular complexity index is 630. The molecule has 98 valence electrons. The first kappa shape index (κ1) is 13.6. The van der Waals surface area contributed by atoms with Crippen molar-refractivity contribution in [2.24, 2.45) is 0 Å². The Morgan fingerprint density at radius 3 is 2.16 bits per heavy atom. The predicted octanol–water partition coefficient (Wildman–Crippen LogP) is 3.73. The van der Waals surface area contributed by atoms with E-state index in [9.17, 15) is 14.7 Å². The topological polar surface area (TPSA) is 69.4 Å². The number of hydrogen-bond donors (Lipinski definition) is 0. The number of halogens is 1. The van der Waals surface area contributed by atoms with Crippen LogP contribution in [0.15, 0.2) is 54.6 Å². The Hall–Kier alpha value is -1.84.